The molecule has 1 atom stereocenters. The van der Waals surface area contributed by atoms with Crippen LogP contribution in [0, 0.1) is 5.41 Å². The van der Waals surface area contributed by atoms with Crippen LogP contribution in [-0.4, -0.2) is 47.6 Å². The highest BCUT2D eigenvalue weighted by Crippen LogP contribution is 2.24. The van der Waals surface area contributed by atoms with Crippen molar-refractivity contribution in [3.63, 3.8) is 0 Å². The Morgan fingerprint density at radius 1 is 1.30 bits per heavy atom. The molecule has 0 bridgehead atoms. The van der Waals surface area contributed by atoms with Gasteiger partial charge < -0.3 is 15.3 Å². The number of piperazine rings is 1. The summed E-state index contributed by atoms with van der Waals surface area (Å²) >= 11 is 0. The monoisotopic (exact) mass is 284 g/mol. The number of hydrogen-bond donors (Lipinski definition) is 2. The Morgan fingerprint density at radius 2 is 2.00 bits per heavy atom. The molecule has 20 heavy (non-hydrogen) atoms. The van der Waals surface area contributed by atoms with Crippen LogP contribution in [0.3, 0.4) is 0 Å². The molecule has 1 saturated heterocycles. The molecule has 116 valence electrons. The largest absolute Gasteiger partial charge is 0.481 e. The molecule has 0 spiro atoms. The van der Waals surface area contributed by atoms with Crippen LogP contribution in [0.25, 0.3) is 0 Å². The maximum absolute atomic E-state index is 11.5. The molecule has 5 heteroatoms. The predicted molar refractivity (Wildman–Crippen MR) is 78.5 cm³/mol. The number of hydrogen-bond acceptors (Lipinski definition) is 3. The van der Waals surface area contributed by atoms with Crippen molar-refractivity contribution in [3.8, 4) is 0 Å². The van der Waals surface area contributed by atoms with Crippen molar-refractivity contribution in [3.05, 3.63) is 0 Å². The molecule has 1 rings (SSSR count). The number of carbonyl (C=O) groups is 2. The molecular weight excluding hydrogens is 256 g/mol. The summed E-state index contributed by atoms with van der Waals surface area (Å²) in [6.45, 7) is 7.73. The van der Waals surface area contributed by atoms with E-state index in [4.69, 9.17) is 5.11 Å². The number of aliphatic carboxylic acids is 1. The normalized spacial score (nSPS) is 19.9. The minimum absolute atomic E-state index is 0.156. The molecule has 1 unspecified atom stereocenters. The minimum atomic E-state index is -0.725. The molecule has 1 fully saturated rings. The number of carboxylic acid groups (broad SMARTS) is 1. The van der Waals surface area contributed by atoms with Gasteiger partial charge in [0.25, 0.3) is 0 Å². The SMILES string of the molecule is CC(=O)N1CCNCC1CCCCCC(C)(C)C(=O)O. The third kappa shape index (κ3) is 5.12. The van der Waals surface area contributed by atoms with Gasteiger partial charge >= 0.3 is 5.97 Å². The van der Waals surface area contributed by atoms with Gasteiger partial charge in [-0.25, -0.2) is 0 Å². The lowest BCUT2D eigenvalue weighted by Gasteiger charge is -2.35. The average molecular weight is 284 g/mol. The van der Waals surface area contributed by atoms with Crippen molar-refractivity contribution < 1.29 is 14.7 Å². The smallest absolute Gasteiger partial charge is 0.309 e. The quantitative estimate of drug-likeness (QED) is 0.700. The van der Waals surface area contributed by atoms with E-state index in [0.29, 0.717) is 12.5 Å². The second kappa shape index (κ2) is 7.62. The Bertz CT molecular complexity index is 342. The van der Waals surface area contributed by atoms with Gasteiger partial charge in [-0.15, -0.1) is 0 Å². The first kappa shape index (κ1) is 17.0. The molecule has 5 nitrogen and oxygen atoms in total. The first-order valence-electron chi connectivity index (χ1n) is 7.56. The van der Waals surface area contributed by atoms with Crippen LogP contribution in [0.15, 0.2) is 0 Å². The van der Waals surface area contributed by atoms with E-state index in [-0.39, 0.29) is 5.91 Å². The zero-order valence-corrected chi connectivity index (χ0v) is 12.9. The fraction of sp³-hybridized carbons (Fsp3) is 0.867. The highest BCUT2D eigenvalue weighted by molar-refractivity contribution is 5.74. The Kier molecular flexibility index (Phi) is 6.46. The van der Waals surface area contributed by atoms with E-state index in [9.17, 15) is 9.59 Å². The molecule has 2 N–H and O–H groups in total. The van der Waals surface area contributed by atoms with E-state index in [0.717, 1.165) is 45.3 Å². The van der Waals surface area contributed by atoms with Gasteiger partial charge in [0.2, 0.25) is 5.91 Å². The van der Waals surface area contributed by atoms with Crippen LogP contribution in [-0.2, 0) is 9.59 Å². The molecular formula is C15H28N2O3. The molecule has 0 radical (unpaired) electrons. The van der Waals surface area contributed by atoms with Crippen molar-refractivity contribution >= 4 is 11.9 Å². The summed E-state index contributed by atoms with van der Waals surface area (Å²) in [5.41, 5.74) is -0.627. The van der Waals surface area contributed by atoms with E-state index in [2.05, 4.69) is 5.32 Å². The van der Waals surface area contributed by atoms with Gasteiger partial charge in [-0.1, -0.05) is 19.3 Å². The minimum Gasteiger partial charge on any atom is -0.481 e. The average Bonchev–Trinajstić information content (AvgIpc) is 2.38. The molecule has 0 aliphatic carbocycles. The molecule has 0 saturated carbocycles. The summed E-state index contributed by atoms with van der Waals surface area (Å²) in [5, 5.41) is 12.4. The number of carbonyl (C=O) groups excluding carboxylic acids is 1. The topological polar surface area (TPSA) is 69.6 Å². The summed E-state index contributed by atoms with van der Waals surface area (Å²) in [6, 6.07) is 0.300. The second-order valence-electron chi connectivity index (χ2n) is 6.36. The lowest BCUT2D eigenvalue weighted by atomic mass is 9.87. The molecule has 0 aromatic carbocycles. The number of rotatable bonds is 7. The molecule has 1 amide bonds. The van der Waals surface area contributed by atoms with Crippen molar-refractivity contribution in [1.29, 1.82) is 0 Å². The zero-order valence-electron chi connectivity index (χ0n) is 12.9. The number of amides is 1. The molecule has 1 heterocycles. The van der Waals surface area contributed by atoms with Crippen molar-refractivity contribution in [2.75, 3.05) is 19.6 Å². The fourth-order valence-corrected chi connectivity index (χ4v) is 2.66. The van der Waals surface area contributed by atoms with Gasteiger partial charge in [0.05, 0.1) is 5.41 Å². The zero-order chi connectivity index (χ0) is 15.2. The van der Waals surface area contributed by atoms with Gasteiger partial charge in [-0.05, 0) is 26.7 Å². The molecule has 0 aromatic heterocycles. The van der Waals surface area contributed by atoms with E-state index >= 15 is 0 Å². The maximum Gasteiger partial charge on any atom is 0.309 e. The molecule has 0 aromatic rings. The van der Waals surface area contributed by atoms with Crippen LogP contribution in [0.2, 0.25) is 0 Å². The van der Waals surface area contributed by atoms with Crippen LogP contribution < -0.4 is 5.32 Å². The first-order chi connectivity index (χ1) is 9.34. The Labute approximate surface area is 121 Å². The Balaban J connectivity index is 2.23. The third-order valence-corrected chi connectivity index (χ3v) is 4.17. The highest BCUT2D eigenvalue weighted by atomic mass is 16.4. The Hall–Kier alpha value is -1.10. The lowest BCUT2D eigenvalue weighted by molar-refractivity contribution is -0.147. The van der Waals surface area contributed by atoms with Crippen molar-refractivity contribution in [2.24, 2.45) is 5.41 Å². The second-order valence-corrected chi connectivity index (χ2v) is 6.36. The standard InChI is InChI=1S/C15H28N2O3/c1-12(18)17-10-9-16-11-13(17)7-5-4-6-8-15(2,3)14(19)20/h13,16H,4-11H2,1-3H3,(H,19,20). The van der Waals surface area contributed by atoms with Crippen molar-refractivity contribution in [1.82, 2.24) is 10.2 Å². The summed E-state index contributed by atoms with van der Waals surface area (Å²) in [7, 11) is 0. The lowest BCUT2D eigenvalue weighted by Crippen LogP contribution is -2.52. The van der Waals surface area contributed by atoms with Gasteiger partial charge in [-0.3, -0.25) is 9.59 Å². The van der Waals surface area contributed by atoms with Gasteiger partial charge in [0, 0.05) is 32.6 Å². The molecule has 1 aliphatic rings. The molecule has 1 aliphatic heterocycles. The van der Waals surface area contributed by atoms with Gasteiger partial charge in [-0.2, -0.15) is 0 Å². The Morgan fingerprint density at radius 3 is 2.60 bits per heavy atom. The number of carboxylic acids is 1. The first-order valence-corrected chi connectivity index (χ1v) is 7.56. The van der Waals surface area contributed by atoms with E-state index in [1.807, 2.05) is 4.90 Å². The van der Waals surface area contributed by atoms with Gasteiger partial charge in [0.1, 0.15) is 0 Å². The maximum atomic E-state index is 11.5. The third-order valence-electron chi connectivity index (χ3n) is 4.17. The van der Waals surface area contributed by atoms with E-state index < -0.39 is 11.4 Å². The van der Waals surface area contributed by atoms with E-state index in [1.165, 1.54) is 0 Å². The summed E-state index contributed by atoms with van der Waals surface area (Å²) < 4.78 is 0. The fourth-order valence-electron chi connectivity index (χ4n) is 2.66. The van der Waals surface area contributed by atoms with Crippen LogP contribution in [0.4, 0.5) is 0 Å². The number of nitrogens with zero attached hydrogens (tertiary/aromatic N) is 1. The number of nitrogens with one attached hydrogen (secondary N) is 1. The van der Waals surface area contributed by atoms with Gasteiger partial charge in [0.15, 0.2) is 0 Å². The highest BCUT2D eigenvalue weighted by Gasteiger charge is 2.26. The summed E-state index contributed by atoms with van der Waals surface area (Å²) in [4.78, 5) is 24.5. The van der Waals surface area contributed by atoms with Crippen molar-refractivity contribution in [2.45, 2.75) is 58.9 Å². The number of unbranched alkanes of at least 4 members (excludes halogenated alkanes) is 2. The van der Waals surface area contributed by atoms with E-state index in [1.54, 1.807) is 20.8 Å². The van der Waals surface area contributed by atoms with Crippen LogP contribution >= 0.6 is 0 Å². The van der Waals surface area contributed by atoms with Crippen LogP contribution in [0.5, 0.6) is 0 Å². The van der Waals surface area contributed by atoms with Crippen LogP contribution in [0.1, 0.15) is 52.9 Å². The predicted octanol–water partition coefficient (Wildman–Crippen LogP) is 1.87. The summed E-state index contributed by atoms with van der Waals surface area (Å²) in [5.74, 6) is -0.569. The summed E-state index contributed by atoms with van der Waals surface area (Å²) in [6.07, 6.45) is 4.71.